The fourth-order valence-electron chi connectivity index (χ4n) is 2.01. The molecule has 0 atom stereocenters. The molecule has 0 radical (unpaired) electrons. The summed E-state index contributed by atoms with van der Waals surface area (Å²) in [4.78, 5) is 19.2. The summed E-state index contributed by atoms with van der Waals surface area (Å²) in [6.45, 7) is 1.25. The molecular weight excluding hydrogens is 349 g/mol. The minimum atomic E-state index is -4.36. The van der Waals surface area contributed by atoms with Crippen molar-refractivity contribution in [2.24, 2.45) is 4.99 Å². The number of aliphatic imine (C=N–C) groups is 1. The maximum absolute atomic E-state index is 12.6. The average Bonchev–Trinajstić information content (AvgIpc) is 2.57. The van der Waals surface area contributed by atoms with Crippen molar-refractivity contribution in [3.05, 3.63) is 35.4 Å². The molecule has 6 nitrogen and oxygen atoms in total. The number of guanidine groups is 1. The van der Waals surface area contributed by atoms with Crippen molar-refractivity contribution in [1.82, 2.24) is 15.1 Å². The van der Waals surface area contributed by atoms with Gasteiger partial charge in [0, 0.05) is 41.3 Å². The topological polar surface area (TPSA) is 57.2 Å². The summed E-state index contributed by atoms with van der Waals surface area (Å²) in [5, 5.41) is 3.07. The number of hydrogen-bond donors (Lipinski definition) is 1. The second-order valence-electron chi connectivity index (χ2n) is 5.90. The number of halogens is 3. The van der Waals surface area contributed by atoms with Crippen LogP contribution < -0.4 is 5.32 Å². The van der Waals surface area contributed by atoms with Gasteiger partial charge in [0.1, 0.15) is 6.54 Å². The first-order valence-corrected chi connectivity index (χ1v) is 7.99. The summed E-state index contributed by atoms with van der Waals surface area (Å²) >= 11 is 0. The van der Waals surface area contributed by atoms with Gasteiger partial charge in [-0.3, -0.25) is 4.79 Å². The number of nitrogens with zero attached hydrogens (tertiary/aromatic N) is 3. The molecule has 1 amide bonds. The zero-order valence-corrected chi connectivity index (χ0v) is 15.4. The van der Waals surface area contributed by atoms with Crippen LogP contribution >= 0.6 is 0 Å². The van der Waals surface area contributed by atoms with Crippen LogP contribution in [0.3, 0.4) is 0 Å². The Labute approximate surface area is 151 Å². The lowest BCUT2D eigenvalue weighted by atomic mass is 10.1. The van der Waals surface area contributed by atoms with E-state index in [1.54, 1.807) is 33.2 Å². The molecule has 9 heteroatoms. The largest absolute Gasteiger partial charge is 0.416 e. The van der Waals surface area contributed by atoms with E-state index in [-0.39, 0.29) is 12.5 Å². The molecule has 1 rings (SSSR count). The van der Waals surface area contributed by atoms with Crippen LogP contribution in [-0.4, -0.2) is 69.6 Å². The molecule has 0 heterocycles. The SMILES string of the molecule is COCCNC(=NCC(=O)N(C)C)N(C)Cc1ccc(C(F)(F)F)cc1. The standard InChI is InChI=1S/C17H25F3N4O2/c1-23(2)15(25)11-22-16(21-9-10-26-4)24(3)12-13-5-7-14(8-6-13)17(18,19)20/h5-8H,9-12H2,1-4H3,(H,21,22). The van der Waals surface area contributed by atoms with Gasteiger partial charge in [0.05, 0.1) is 12.2 Å². The maximum atomic E-state index is 12.6. The predicted octanol–water partition coefficient (Wildman–Crippen LogP) is 1.82. The van der Waals surface area contributed by atoms with E-state index in [9.17, 15) is 18.0 Å². The second-order valence-corrected chi connectivity index (χ2v) is 5.90. The third-order valence-electron chi connectivity index (χ3n) is 3.51. The number of alkyl halides is 3. The molecular formula is C17H25F3N4O2. The lowest BCUT2D eigenvalue weighted by Crippen LogP contribution is -2.41. The van der Waals surface area contributed by atoms with Crippen LogP contribution in [-0.2, 0) is 22.3 Å². The highest BCUT2D eigenvalue weighted by Gasteiger charge is 2.29. The number of nitrogens with one attached hydrogen (secondary N) is 1. The van der Waals surface area contributed by atoms with E-state index in [2.05, 4.69) is 10.3 Å². The normalized spacial score (nSPS) is 12.0. The van der Waals surface area contributed by atoms with Crippen LogP contribution in [0, 0.1) is 0 Å². The Morgan fingerprint density at radius 1 is 1.19 bits per heavy atom. The fourth-order valence-corrected chi connectivity index (χ4v) is 2.01. The molecule has 0 spiro atoms. The van der Waals surface area contributed by atoms with E-state index in [0.29, 0.717) is 31.2 Å². The summed E-state index contributed by atoms with van der Waals surface area (Å²) in [6, 6.07) is 4.95. The maximum Gasteiger partial charge on any atom is 0.416 e. The number of benzene rings is 1. The molecule has 0 fully saturated rings. The van der Waals surface area contributed by atoms with Crippen LogP contribution in [0.25, 0.3) is 0 Å². The van der Waals surface area contributed by atoms with E-state index in [1.807, 2.05) is 0 Å². The van der Waals surface area contributed by atoms with E-state index >= 15 is 0 Å². The number of hydrogen-bond acceptors (Lipinski definition) is 3. The molecule has 1 aromatic carbocycles. The molecule has 0 aliphatic carbocycles. The number of likely N-dealkylation sites (N-methyl/N-ethyl adjacent to an activating group) is 1. The Balaban J connectivity index is 2.81. The monoisotopic (exact) mass is 374 g/mol. The van der Waals surface area contributed by atoms with E-state index in [0.717, 1.165) is 12.1 Å². The van der Waals surface area contributed by atoms with Crippen molar-refractivity contribution in [2.45, 2.75) is 12.7 Å². The number of ether oxygens (including phenoxy) is 1. The van der Waals surface area contributed by atoms with E-state index in [1.165, 1.54) is 17.0 Å². The van der Waals surface area contributed by atoms with Gasteiger partial charge in [-0.2, -0.15) is 13.2 Å². The van der Waals surface area contributed by atoms with Gasteiger partial charge in [-0.1, -0.05) is 12.1 Å². The van der Waals surface area contributed by atoms with Crippen LogP contribution in [0.4, 0.5) is 13.2 Å². The van der Waals surface area contributed by atoms with Crippen LogP contribution in [0.15, 0.2) is 29.3 Å². The van der Waals surface area contributed by atoms with E-state index in [4.69, 9.17) is 4.74 Å². The minimum absolute atomic E-state index is 0.0281. The summed E-state index contributed by atoms with van der Waals surface area (Å²) in [7, 11) is 6.60. The van der Waals surface area contributed by atoms with Gasteiger partial charge in [-0.05, 0) is 17.7 Å². The van der Waals surface area contributed by atoms with Gasteiger partial charge in [0.25, 0.3) is 0 Å². The second kappa shape index (κ2) is 10.0. The van der Waals surface area contributed by atoms with Crippen molar-refractivity contribution < 1.29 is 22.7 Å². The van der Waals surface area contributed by atoms with Crippen LogP contribution in [0.5, 0.6) is 0 Å². The first kappa shape index (κ1) is 21.8. The molecule has 146 valence electrons. The first-order valence-electron chi connectivity index (χ1n) is 7.99. The molecule has 0 aliphatic heterocycles. The molecule has 0 aromatic heterocycles. The zero-order valence-electron chi connectivity index (χ0n) is 15.4. The first-order chi connectivity index (χ1) is 12.1. The predicted molar refractivity (Wildman–Crippen MR) is 93.8 cm³/mol. The van der Waals surface area contributed by atoms with Crippen molar-refractivity contribution >= 4 is 11.9 Å². The lowest BCUT2D eigenvalue weighted by molar-refractivity contribution is -0.137. The molecule has 0 saturated carbocycles. The number of carbonyl (C=O) groups excluding carboxylic acids is 1. The Morgan fingerprint density at radius 3 is 2.31 bits per heavy atom. The highest BCUT2D eigenvalue weighted by molar-refractivity contribution is 5.84. The Hall–Kier alpha value is -2.29. The Bertz CT molecular complexity index is 601. The van der Waals surface area contributed by atoms with Crippen molar-refractivity contribution in [3.8, 4) is 0 Å². The number of methoxy groups -OCH3 is 1. The van der Waals surface area contributed by atoms with Crippen molar-refractivity contribution in [1.29, 1.82) is 0 Å². The smallest absolute Gasteiger partial charge is 0.383 e. The van der Waals surface area contributed by atoms with Crippen LogP contribution in [0.2, 0.25) is 0 Å². The molecule has 0 bridgehead atoms. The quantitative estimate of drug-likeness (QED) is 0.449. The summed E-state index contributed by atoms with van der Waals surface area (Å²) in [5.74, 6) is 0.316. The van der Waals surface area contributed by atoms with Gasteiger partial charge in [-0.25, -0.2) is 4.99 Å². The zero-order chi connectivity index (χ0) is 19.7. The van der Waals surface area contributed by atoms with Gasteiger partial charge < -0.3 is 19.9 Å². The van der Waals surface area contributed by atoms with Gasteiger partial charge in [0.2, 0.25) is 5.91 Å². The highest BCUT2D eigenvalue weighted by Crippen LogP contribution is 2.29. The molecule has 1 N–H and O–H groups in total. The fraction of sp³-hybridized carbons (Fsp3) is 0.529. The average molecular weight is 374 g/mol. The Morgan fingerprint density at radius 2 is 1.81 bits per heavy atom. The summed E-state index contributed by atoms with van der Waals surface area (Å²) in [5.41, 5.74) is 0.00766. The van der Waals surface area contributed by atoms with Gasteiger partial charge in [-0.15, -0.1) is 0 Å². The molecule has 0 unspecified atom stereocenters. The molecule has 26 heavy (non-hydrogen) atoms. The number of carbonyl (C=O) groups is 1. The van der Waals surface area contributed by atoms with E-state index < -0.39 is 11.7 Å². The van der Waals surface area contributed by atoms with Gasteiger partial charge >= 0.3 is 6.18 Å². The number of rotatable bonds is 7. The van der Waals surface area contributed by atoms with Crippen molar-refractivity contribution in [2.75, 3.05) is 47.9 Å². The summed E-state index contributed by atoms with van der Waals surface area (Å²) < 4.78 is 42.9. The van der Waals surface area contributed by atoms with Crippen LogP contribution in [0.1, 0.15) is 11.1 Å². The minimum Gasteiger partial charge on any atom is -0.383 e. The molecule has 0 aliphatic rings. The molecule has 1 aromatic rings. The Kier molecular flexibility index (Phi) is 8.37. The third kappa shape index (κ3) is 7.30. The number of amides is 1. The van der Waals surface area contributed by atoms with Gasteiger partial charge in [0.15, 0.2) is 5.96 Å². The summed E-state index contributed by atoms with van der Waals surface area (Å²) in [6.07, 6.45) is -4.36. The third-order valence-corrected chi connectivity index (χ3v) is 3.51. The lowest BCUT2D eigenvalue weighted by Gasteiger charge is -2.23. The molecule has 0 saturated heterocycles. The highest BCUT2D eigenvalue weighted by atomic mass is 19.4. The van der Waals surface area contributed by atoms with Crippen molar-refractivity contribution in [3.63, 3.8) is 0 Å².